The Morgan fingerprint density at radius 1 is 1.43 bits per heavy atom. The second-order valence-corrected chi connectivity index (χ2v) is 7.00. The molecule has 0 bridgehead atoms. The number of sulfone groups is 1. The molecule has 0 heterocycles. The molecular weight excluding hydrogens is 222 g/mol. The van der Waals surface area contributed by atoms with Gasteiger partial charge in [-0.3, -0.25) is 0 Å². The first-order valence-corrected chi connectivity index (χ1v) is 7.49. The van der Waals surface area contributed by atoms with E-state index in [1.54, 1.807) is 0 Å². The highest BCUT2D eigenvalue weighted by molar-refractivity contribution is 7.90. The monoisotopic (exact) mass is 239 g/mol. The molecule has 1 saturated carbocycles. The number of hydrogen-bond acceptors (Lipinski definition) is 3. The standard InChI is InChI=1S/C9H18ClNO2S/c1-14(12,13)4-2-3-11-7-8-5-9(10)6-8/h8-9,11H,2-7H2,1H3. The van der Waals surface area contributed by atoms with Gasteiger partial charge in [0.25, 0.3) is 0 Å². The Labute approximate surface area is 91.1 Å². The van der Waals surface area contributed by atoms with E-state index in [4.69, 9.17) is 11.6 Å². The SMILES string of the molecule is CS(=O)(=O)CCCNCC1CC(Cl)C1. The Kier molecular flexibility index (Phi) is 4.67. The quantitative estimate of drug-likeness (QED) is 0.556. The van der Waals surface area contributed by atoms with Gasteiger partial charge in [0.05, 0.1) is 5.75 Å². The largest absolute Gasteiger partial charge is 0.316 e. The lowest BCUT2D eigenvalue weighted by atomic mass is 9.85. The first-order chi connectivity index (χ1) is 6.47. The highest BCUT2D eigenvalue weighted by Crippen LogP contribution is 2.30. The van der Waals surface area contributed by atoms with Crippen molar-refractivity contribution >= 4 is 21.4 Å². The van der Waals surface area contributed by atoms with Gasteiger partial charge in [0.15, 0.2) is 0 Å². The summed E-state index contributed by atoms with van der Waals surface area (Å²) < 4.78 is 21.6. The van der Waals surface area contributed by atoms with E-state index in [-0.39, 0.29) is 5.75 Å². The van der Waals surface area contributed by atoms with Crippen LogP contribution in [0.5, 0.6) is 0 Å². The Bertz CT molecular complexity index is 260. The topological polar surface area (TPSA) is 46.2 Å². The van der Waals surface area contributed by atoms with Crippen LogP contribution >= 0.6 is 11.6 Å². The molecule has 0 spiro atoms. The molecule has 5 heteroatoms. The van der Waals surface area contributed by atoms with Crippen LogP contribution in [0.1, 0.15) is 19.3 Å². The zero-order chi connectivity index (χ0) is 10.6. The van der Waals surface area contributed by atoms with Crippen LogP contribution in [0.4, 0.5) is 0 Å². The van der Waals surface area contributed by atoms with E-state index in [9.17, 15) is 8.42 Å². The van der Waals surface area contributed by atoms with Crippen molar-refractivity contribution in [3.8, 4) is 0 Å². The van der Waals surface area contributed by atoms with Gasteiger partial charge in [-0.2, -0.15) is 0 Å². The van der Waals surface area contributed by atoms with Crippen LogP contribution < -0.4 is 5.32 Å². The first-order valence-electron chi connectivity index (χ1n) is 5.00. The van der Waals surface area contributed by atoms with Crippen molar-refractivity contribution in [2.45, 2.75) is 24.6 Å². The summed E-state index contributed by atoms with van der Waals surface area (Å²) in [4.78, 5) is 0. The molecule has 0 unspecified atom stereocenters. The molecule has 14 heavy (non-hydrogen) atoms. The minimum Gasteiger partial charge on any atom is -0.316 e. The van der Waals surface area contributed by atoms with Crippen molar-refractivity contribution in [3.63, 3.8) is 0 Å². The summed E-state index contributed by atoms with van der Waals surface area (Å²) >= 11 is 5.84. The van der Waals surface area contributed by atoms with E-state index < -0.39 is 9.84 Å². The summed E-state index contributed by atoms with van der Waals surface area (Å²) in [7, 11) is -2.79. The maximum atomic E-state index is 10.8. The molecule has 84 valence electrons. The predicted molar refractivity (Wildman–Crippen MR) is 59.6 cm³/mol. The lowest BCUT2D eigenvalue weighted by Crippen LogP contribution is -2.34. The van der Waals surface area contributed by atoms with Gasteiger partial charge in [-0.15, -0.1) is 11.6 Å². The average molecular weight is 240 g/mol. The van der Waals surface area contributed by atoms with Crippen LogP contribution in [0.3, 0.4) is 0 Å². The summed E-state index contributed by atoms with van der Waals surface area (Å²) in [6, 6.07) is 0. The van der Waals surface area contributed by atoms with Gasteiger partial charge < -0.3 is 5.32 Å². The molecule has 1 fully saturated rings. The van der Waals surface area contributed by atoms with Crippen molar-refractivity contribution in [1.82, 2.24) is 5.32 Å². The average Bonchev–Trinajstić information content (AvgIpc) is 1.98. The smallest absolute Gasteiger partial charge is 0.147 e. The lowest BCUT2D eigenvalue weighted by molar-refractivity contribution is 0.309. The molecular formula is C9H18ClNO2S. The third kappa shape index (κ3) is 5.17. The number of alkyl halides is 1. The fourth-order valence-electron chi connectivity index (χ4n) is 1.59. The van der Waals surface area contributed by atoms with Crippen LogP contribution in [0.2, 0.25) is 0 Å². The fraction of sp³-hybridized carbons (Fsp3) is 1.00. The highest BCUT2D eigenvalue weighted by Gasteiger charge is 2.26. The minimum absolute atomic E-state index is 0.281. The Balaban J connectivity index is 1.90. The van der Waals surface area contributed by atoms with E-state index in [2.05, 4.69) is 5.32 Å². The van der Waals surface area contributed by atoms with E-state index in [0.29, 0.717) is 17.7 Å². The molecule has 1 N–H and O–H groups in total. The van der Waals surface area contributed by atoms with Crippen molar-refractivity contribution < 1.29 is 8.42 Å². The number of rotatable bonds is 6. The van der Waals surface area contributed by atoms with Crippen molar-refractivity contribution in [3.05, 3.63) is 0 Å². The van der Waals surface area contributed by atoms with Gasteiger partial charge in [-0.05, 0) is 38.3 Å². The molecule has 0 aliphatic heterocycles. The normalized spacial score (nSPS) is 27.3. The summed E-state index contributed by atoms with van der Waals surface area (Å²) in [5.74, 6) is 0.985. The van der Waals surface area contributed by atoms with Crippen molar-refractivity contribution in [2.24, 2.45) is 5.92 Å². The Hall–Kier alpha value is 0.200. The first kappa shape index (κ1) is 12.3. The van der Waals surface area contributed by atoms with Crippen LogP contribution in [0.15, 0.2) is 0 Å². The Morgan fingerprint density at radius 2 is 2.07 bits per heavy atom. The highest BCUT2D eigenvalue weighted by atomic mass is 35.5. The van der Waals surface area contributed by atoms with Gasteiger partial charge in [0.1, 0.15) is 9.84 Å². The number of halogens is 1. The van der Waals surface area contributed by atoms with E-state index >= 15 is 0 Å². The van der Waals surface area contributed by atoms with Gasteiger partial charge in [-0.25, -0.2) is 8.42 Å². The van der Waals surface area contributed by atoms with E-state index in [0.717, 1.165) is 25.9 Å². The van der Waals surface area contributed by atoms with Gasteiger partial charge >= 0.3 is 0 Å². The minimum atomic E-state index is -2.79. The summed E-state index contributed by atoms with van der Waals surface area (Å²) in [6.07, 6.45) is 4.17. The van der Waals surface area contributed by atoms with Crippen LogP contribution in [0.25, 0.3) is 0 Å². The van der Waals surface area contributed by atoms with Crippen molar-refractivity contribution in [2.75, 3.05) is 25.1 Å². The van der Waals surface area contributed by atoms with Crippen LogP contribution in [0, 0.1) is 5.92 Å². The van der Waals surface area contributed by atoms with Crippen molar-refractivity contribution in [1.29, 1.82) is 0 Å². The molecule has 1 aliphatic rings. The molecule has 0 aromatic heterocycles. The molecule has 1 rings (SSSR count). The van der Waals surface area contributed by atoms with E-state index in [1.807, 2.05) is 0 Å². The van der Waals surface area contributed by atoms with Gasteiger partial charge in [-0.1, -0.05) is 0 Å². The molecule has 0 amide bonds. The fourth-order valence-corrected chi connectivity index (χ4v) is 2.76. The molecule has 0 aromatic rings. The molecule has 3 nitrogen and oxygen atoms in total. The second-order valence-electron chi connectivity index (χ2n) is 4.12. The Morgan fingerprint density at radius 3 is 2.57 bits per heavy atom. The zero-order valence-electron chi connectivity index (χ0n) is 8.50. The zero-order valence-corrected chi connectivity index (χ0v) is 10.1. The lowest BCUT2D eigenvalue weighted by Gasteiger charge is -2.30. The van der Waals surface area contributed by atoms with Crippen LogP contribution in [-0.2, 0) is 9.84 Å². The predicted octanol–water partition coefficient (Wildman–Crippen LogP) is 1.03. The van der Waals surface area contributed by atoms with Gasteiger partial charge in [0, 0.05) is 11.6 Å². The molecule has 0 aromatic carbocycles. The molecule has 0 atom stereocenters. The third-order valence-electron chi connectivity index (χ3n) is 2.48. The maximum Gasteiger partial charge on any atom is 0.147 e. The second kappa shape index (κ2) is 5.33. The maximum absolute atomic E-state index is 10.8. The summed E-state index contributed by atoms with van der Waals surface area (Å²) in [6.45, 7) is 1.77. The third-order valence-corrected chi connectivity index (χ3v) is 3.87. The molecule has 0 saturated heterocycles. The summed E-state index contributed by atoms with van der Waals surface area (Å²) in [5.41, 5.74) is 0. The molecule has 0 radical (unpaired) electrons. The number of nitrogens with one attached hydrogen (secondary N) is 1. The van der Waals surface area contributed by atoms with Crippen LogP contribution in [-0.4, -0.2) is 38.9 Å². The van der Waals surface area contributed by atoms with Gasteiger partial charge in [0.2, 0.25) is 0 Å². The van der Waals surface area contributed by atoms with E-state index in [1.165, 1.54) is 6.26 Å². The molecule has 1 aliphatic carbocycles. The summed E-state index contributed by atoms with van der Waals surface area (Å²) in [5, 5.41) is 3.63. The number of hydrogen-bond donors (Lipinski definition) is 1.